The van der Waals surface area contributed by atoms with Crippen molar-refractivity contribution in [2.45, 2.75) is 236 Å². The van der Waals surface area contributed by atoms with Gasteiger partial charge in [0, 0.05) is 6.42 Å². The van der Waals surface area contributed by atoms with Crippen molar-refractivity contribution in [1.29, 1.82) is 0 Å². The molecule has 51 heavy (non-hydrogen) atoms. The highest BCUT2D eigenvalue weighted by molar-refractivity contribution is 5.76. The van der Waals surface area contributed by atoms with Crippen molar-refractivity contribution >= 4 is 5.91 Å². The van der Waals surface area contributed by atoms with Gasteiger partial charge in [0.1, 0.15) is 24.4 Å². The Morgan fingerprint density at radius 1 is 0.647 bits per heavy atom. The fourth-order valence-corrected chi connectivity index (χ4v) is 6.86. The minimum absolute atomic E-state index is 0.181. The smallest absolute Gasteiger partial charge is 0.220 e. The highest BCUT2D eigenvalue weighted by Crippen LogP contribution is 2.22. The first-order valence-electron chi connectivity index (χ1n) is 21.4. The van der Waals surface area contributed by atoms with Gasteiger partial charge in [-0.25, -0.2) is 0 Å². The maximum atomic E-state index is 12.8. The Morgan fingerprint density at radius 2 is 1.08 bits per heavy atom. The highest BCUT2D eigenvalue weighted by atomic mass is 16.7. The molecule has 1 rings (SSSR count). The van der Waals surface area contributed by atoms with Crippen molar-refractivity contribution in [3.05, 3.63) is 12.2 Å². The van der Waals surface area contributed by atoms with Crippen molar-refractivity contribution in [2.75, 3.05) is 13.2 Å². The predicted molar refractivity (Wildman–Crippen MR) is 207 cm³/mol. The van der Waals surface area contributed by atoms with Crippen LogP contribution in [0.4, 0.5) is 0 Å². The van der Waals surface area contributed by atoms with Gasteiger partial charge in [0.15, 0.2) is 6.29 Å². The topological polar surface area (TPSA) is 149 Å². The van der Waals surface area contributed by atoms with Gasteiger partial charge in [0.2, 0.25) is 5.91 Å². The van der Waals surface area contributed by atoms with Gasteiger partial charge in [-0.15, -0.1) is 0 Å². The molecule has 0 aromatic rings. The molecule has 1 fully saturated rings. The maximum absolute atomic E-state index is 12.8. The number of aliphatic hydroxyl groups excluding tert-OH is 5. The number of hydrogen-bond acceptors (Lipinski definition) is 8. The summed E-state index contributed by atoms with van der Waals surface area (Å²) in [7, 11) is 0. The predicted octanol–water partition coefficient (Wildman–Crippen LogP) is 8.17. The van der Waals surface area contributed by atoms with Crippen molar-refractivity contribution in [3.63, 3.8) is 0 Å². The molecule has 6 N–H and O–H groups in total. The van der Waals surface area contributed by atoms with Gasteiger partial charge < -0.3 is 40.3 Å². The Kier molecular flexibility index (Phi) is 31.5. The Balaban J connectivity index is 2.32. The molecule has 0 spiro atoms. The third kappa shape index (κ3) is 24.8. The number of amides is 1. The van der Waals surface area contributed by atoms with Crippen LogP contribution in [0.25, 0.3) is 0 Å². The summed E-state index contributed by atoms with van der Waals surface area (Å²) in [4.78, 5) is 12.8. The van der Waals surface area contributed by atoms with Crippen LogP contribution >= 0.6 is 0 Å². The number of carbonyl (C=O) groups excluding carboxylic acids is 1. The quantitative estimate of drug-likeness (QED) is 0.0283. The van der Waals surface area contributed by atoms with E-state index in [2.05, 4.69) is 19.2 Å². The number of hydrogen-bond donors (Lipinski definition) is 6. The molecule has 0 aromatic carbocycles. The second kappa shape index (κ2) is 33.5. The second-order valence-electron chi connectivity index (χ2n) is 15.1. The third-order valence-corrected chi connectivity index (χ3v) is 10.4. The van der Waals surface area contributed by atoms with Crippen LogP contribution in [0.5, 0.6) is 0 Å². The first kappa shape index (κ1) is 48.0. The van der Waals surface area contributed by atoms with Gasteiger partial charge in [-0.1, -0.05) is 180 Å². The molecule has 9 heteroatoms. The van der Waals surface area contributed by atoms with Gasteiger partial charge >= 0.3 is 0 Å². The third-order valence-electron chi connectivity index (χ3n) is 10.4. The number of nitrogens with one attached hydrogen (secondary N) is 1. The largest absolute Gasteiger partial charge is 0.394 e. The fraction of sp³-hybridized carbons (Fsp3) is 0.929. The van der Waals surface area contributed by atoms with Crippen LogP contribution in [0, 0.1) is 0 Å². The van der Waals surface area contributed by atoms with E-state index in [-0.39, 0.29) is 12.5 Å². The van der Waals surface area contributed by atoms with Crippen LogP contribution in [0.15, 0.2) is 12.2 Å². The Bertz CT molecular complexity index is 812. The summed E-state index contributed by atoms with van der Waals surface area (Å²) in [5.74, 6) is -0.181. The van der Waals surface area contributed by atoms with E-state index in [1.54, 1.807) is 6.08 Å². The molecular weight excluding hydrogens is 646 g/mol. The van der Waals surface area contributed by atoms with Crippen molar-refractivity contribution in [1.82, 2.24) is 5.32 Å². The van der Waals surface area contributed by atoms with Crippen molar-refractivity contribution in [3.8, 4) is 0 Å². The normalized spacial score (nSPS) is 22.1. The van der Waals surface area contributed by atoms with Gasteiger partial charge in [0.05, 0.1) is 25.4 Å². The fourth-order valence-electron chi connectivity index (χ4n) is 6.86. The Labute approximate surface area is 312 Å². The Morgan fingerprint density at radius 3 is 1.53 bits per heavy atom. The SMILES string of the molecule is CCCCCCCCCCCCCCCCCCCC/C=C/C(O)C(COC1OC(CO)C(O)C(O)C1O)NC(=O)CCCCCCCCCC. The summed E-state index contributed by atoms with van der Waals surface area (Å²) < 4.78 is 11.2. The van der Waals surface area contributed by atoms with E-state index in [0.29, 0.717) is 6.42 Å². The van der Waals surface area contributed by atoms with Gasteiger partial charge in [-0.2, -0.15) is 0 Å². The zero-order valence-corrected chi connectivity index (χ0v) is 32.9. The lowest BCUT2D eigenvalue weighted by atomic mass is 9.99. The van der Waals surface area contributed by atoms with Crippen LogP contribution in [-0.4, -0.2) is 87.5 Å². The summed E-state index contributed by atoms with van der Waals surface area (Å²) in [5.41, 5.74) is 0. The summed E-state index contributed by atoms with van der Waals surface area (Å²) in [6, 6.07) is -0.796. The number of unbranched alkanes of at least 4 members (excludes halogenated alkanes) is 25. The molecule has 7 atom stereocenters. The number of aliphatic hydroxyl groups is 5. The highest BCUT2D eigenvalue weighted by Gasteiger charge is 2.44. The summed E-state index contributed by atoms with van der Waals surface area (Å²) in [5, 5.41) is 53.9. The number of rotatable bonds is 35. The minimum Gasteiger partial charge on any atom is -0.394 e. The molecule has 0 aromatic heterocycles. The zero-order chi connectivity index (χ0) is 37.4. The van der Waals surface area contributed by atoms with Gasteiger partial charge in [-0.05, 0) is 19.3 Å². The second-order valence-corrected chi connectivity index (χ2v) is 15.1. The van der Waals surface area contributed by atoms with Crippen LogP contribution in [0.2, 0.25) is 0 Å². The first-order chi connectivity index (χ1) is 24.8. The first-order valence-corrected chi connectivity index (χ1v) is 21.4. The molecule has 1 aliphatic rings. The van der Waals surface area contributed by atoms with E-state index in [0.717, 1.165) is 38.5 Å². The lowest BCUT2D eigenvalue weighted by molar-refractivity contribution is -0.302. The number of allylic oxidation sites excluding steroid dienone is 1. The molecule has 0 radical (unpaired) electrons. The molecule has 302 valence electrons. The molecule has 0 bridgehead atoms. The lowest BCUT2D eigenvalue weighted by Gasteiger charge is -2.40. The average molecular weight is 728 g/mol. The summed E-state index contributed by atoms with van der Waals surface area (Å²) in [6.07, 6.45) is 29.8. The lowest BCUT2D eigenvalue weighted by Crippen LogP contribution is -2.60. The van der Waals surface area contributed by atoms with E-state index in [1.807, 2.05) is 6.08 Å². The molecule has 1 aliphatic heterocycles. The minimum atomic E-state index is -1.56. The van der Waals surface area contributed by atoms with E-state index in [1.165, 1.54) is 135 Å². The van der Waals surface area contributed by atoms with Gasteiger partial charge in [-0.3, -0.25) is 4.79 Å². The van der Waals surface area contributed by atoms with E-state index >= 15 is 0 Å². The maximum Gasteiger partial charge on any atom is 0.220 e. The summed E-state index contributed by atoms with van der Waals surface area (Å²) in [6.45, 7) is 3.73. The van der Waals surface area contributed by atoms with Crippen LogP contribution in [-0.2, 0) is 14.3 Å². The monoisotopic (exact) mass is 728 g/mol. The van der Waals surface area contributed by atoms with E-state index in [9.17, 15) is 30.3 Å². The standard InChI is InChI=1S/C42H81NO8/c1-3-5-7-9-11-13-14-15-16-17-18-19-20-21-22-23-24-25-27-29-31-36(45)35(43-38(46)32-30-28-26-12-10-8-6-4-2)34-50-42-41(49)40(48)39(47)37(33-44)51-42/h29,31,35-37,39-42,44-45,47-49H,3-28,30,32-34H2,1-2H3,(H,43,46)/b31-29+. The van der Waals surface area contributed by atoms with E-state index in [4.69, 9.17) is 9.47 Å². The van der Waals surface area contributed by atoms with Gasteiger partial charge in [0.25, 0.3) is 0 Å². The molecule has 1 saturated heterocycles. The molecule has 1 heterocycles. The molecular formula is C42H81NO8. The average Bonchev–Trinajstić information content (AvgIpc) is 3.13. The molecule has 1 amide bonds. The number of carbonyl (C=O) groups is 1. The van der Waals surface area contributed by atoms with Crippen molar-refractivity contribution in [2.24, 2.45) is 0 Å². The van der Waals surface area contributed by atoms with Crippen LogP contribution in [0.3, 0.4) is 0 Å². The Hall–Kier alpha value is -1.07. The van der Waals surface area contributed by atoms with Crippen LogP contribution < -0.4 is 5.32 Å². The molecule has 0 saturated carbocycles. The molecule has 9 nitrogen and oxygen atoms in total. The zero-order valence-electron chi connectivity index (χ0n) is 32.9. The van der Waals surface area contributed by atoms with Crippen LogP contribution in [0.1, 0.15) is 194 Å². The van der Waals surface area contributed by atoms with Crippen molar-refractivity contribution < 1.29 is 39.8 Å². The summed E-state index contributed by atoms with van der Waals surface area (Å²) >= 11 is 0. The van der Waals surface area contributed by atoms with E-state index < -0.39 is 49.5 Å². The number of ether oxygens (including phenoxy) is 2. The molecule has 7 unspecified atom stereocenters. The molecule has 0 aliphatic carbocycles.